The van der Waals surface area contributed by atoms with Crippen molar-refractivity contribution in [1.29, 1.82) is 0 Å². The third kappa shape index (κ3) is 2.77. The Hall–Kier alpha value is -2.50. The topological polar surface area (TPSA) is 73.6 Å². The second-order valence-electron chi connectivity index (χ2n) is 5.30. The molecule has 0 spiro atoms. The van der Waals surface area contributed by atoms with E-state index >= 15 is 0 Å². The SMILES string of the molecule is CCOc1cc2c(cc1NC(=O)c1cc(C)on1)OC(C)C2. The Morgan fingerprint density at radius 2 is 2.27 bits per heavy atom. The fourth-order valence-corrected chi connectivity index (χ4v) is 2.47. The maximum absolute atomic E-state index is 12.2. The maximum atomic E-state index is 12.2. The van der Waals surface area contributed by atoms with Crippen LogP contribution in [-0.4, -0.2) is 23.8 Å². The smallest absolute Gasteiger partial charge is 0.277 e. The van der Waals surface area contributed by atoms with Gasteiger partial charge in [0.1, 0.15) is 23.4 Å². The van der Waals surface area contributed by atoms with Gasteiger partial charge in [0.05, 0.1) is 12.3 Å². The molecular weight excluding hydrogens is 284 g/mol. The van der Waals surface area contributed by atoms with Crippen molar-refractivity contribution in [3.63, 3.8) is 0 Å². The number of ether oxygens (including phenoxy) is 2. The molecule has 1 unspecified atom stereocenters. The number of carbonyl (C=O) groups is 1. The first kappa shape index (κ1) is 14.4. The number of aromatic nitrogens is 1. The fourth-order valence-electron chi connectivity index (χ4n) is 2.47. The molecular formula is C16H18N2O4. The van der Waals surface area contributed by atoms with E-state index in [9.17, 15) is 4.79 Å². The highest BCUT2D eigenvalue weighted by molar-refractivity contribution is 6.03. The van der Waals surface area contributed by atoms with Gasteiger partial charge in [0.15, 0.2) is 5.69 Å². The largest absolute Gasteiger partial charge is 0.492 e. The molecule has 1 aromatic heterocycles. The van der Waals surface area contributed by atoms with Gasteiger partial charge in [0.25, 0.3) is 5.91 Å². The number of rotatable bonds is 4. The van der Waals surface area contributed by atoms with E-state index in [4.69, 9.17) is 14.0 Å². The molecule has 1 aliphatic heterocycles. The number of fused-ring (bicyclic) bond motifs is 1. The summed E-state index contributed by atoms with van der Waals surface area (Å²) in [5, 5.41) is 6.52. The van der Waals surface area contributed by atoms with Crippen LogP contribution < -0.4 is 14.8 Å². The second-order valence-corrected chi connectivity index (χ2v) is 5.30. The Balaban J connectivity index is 1.89. The normalized spacial score (nSPS) is 16.0. The summed E-state index contributed by atoms with van der Waals surface area (Å²) in [6, 6.07) is 5.31. The summed E-state index contributed by atoms with van der Waals surface area (Å²) >= 11 is 0. The third-order valence-corrected chi connectivity index (χ3v) is 3.41. The summed E-state index contributed by atoms with van der Waals surface area (Å²) in [5.41, 5.74) is 1.89. The van der Waals surface area contributed by atoms with Gasteiger partial charge in [-0.2, -0.15) is 0 Å². The summed E-state index contributed by atoms with van der Waals surface area (Å²) in [6.07, 6.45) is 0.972. The molecule has 6 heteroatoms. The summed E-state index contributed by atoms with van der Waals surface area (Å²) in [5.74, 6) is 1.65. The predicted octanol–water partition coefficient (Wildman–Crippen LogP) is 2.96. The number of benzene rings is 1. The lowest BCUT2D eigenvalue weighted by Gasteiger charge is -2.12. The van der Waals surface area contributed by atoms with Crippen LogP contribution in [0.2, 0.25) is 0 Å². The lowest BCUT2D eigenvalue weighted by atomic mass is 10.1. The fraction of sp³-hybridized carbons (Fsp3) is 0.375. The van der Waals surface area contributed by atoms with Crippen molar-refractivity contribution < 1.29 is 18.8 Å². The molecule has 1 amide bonds. The Kier molecular flexibility index (Phi) is 3.75. The van der Waals surface area contributed by atoms with E-state index in [-0.39, 0.29) is 17.7 Å². The standard InChI is InChI=1S/C16H18N2O4/c1-4-20-15-7-11-5-9(2)21-14(11)8-12(15)17-16(19)13-6-10(3)22-18-13/h6-9H,4-5H2,1-3H3,(H,17,19). The van der Waals surface area contributed by atoms with Crippen LogP contribution in [0.25, 0.3) is 0 Å². The first-order chi connectivity index (χ1) is 10.6. The molecule has 1 aliphatic rings. The van der Waals surface area contributed by atoms with Gasteiger partial charge in [-0.15, -0.1) is 0 Å². The molecule has 2 aromatic rings. The van der Waals surface area contributed by atoms with Gasteiger partial charge in [-0.25, -0.2) is 0 Å². The zero-order chi connectivity index (χ0) is 15.7. The molecule has 22 heavy (non-hydrogen) atoms. The van der Waals surface area contributed by atoms with Crippen LogP contribution in [-0.2, 0) is 6.42 Å². The molecule has 1 aromatic carbocycles. The van der Waals surface area contributed by atoms with Crippen LogP contribution in [0.1, 0.15) is 35.7 Å². The Morgan fingerprint density at radius 1 is 1.45 bits per heavy atom. The van der Waals surface area contributed by atoms with E-state index < -0.39 is 0 Å². The Bertz CT molecular complexity index is 708. The van der Waals surface area contributed by atoms with Crippen molar-refractivity contribution >= 4 is 11.6 Å². The van der Waals surface area contributed by atoms with E-state index in [1.54, 1.807) is 19.1 Å². The van der Waals surface area contributed by atoms with Crippen LogP contribution >= 0.6 is 0 Å². The van der Waals surface area contributed by atoms with E-state index in [1.807, 2.05) is 19.9 Å². The molecule has 1 atom stereocenters. The van der Waals surface area contributed by atoms with E-state index in [0.717, 1.165) is 17.7 Å². The van der Waals surface area contributed by atoms with Crippen LogP contribution in [0.15, 0.2) is 22.7 Å². The van der Waals surface area contributed by atoms with Gasteiger partial charge in [0, 0.05) is 24.1 Å². The molecule has 3 rings (SSSR count). The average molecular weight is 302 g/mol. The number of hydrogen-bond donors (Lipinski definition) is 1. The van der Waals surface area contributed by atoms with Crippen LogP contribution in [0.5, 0.6) is 11.5 Å². The third-order valence-electron chi connectivity index (χ3n) is 3.41. The van der Waals surface area contributed by atoms with Crippen molar-refractivity contribution in [2.45, 2.75) is 33.3 Å². The molecule has 0 aliphatic carbocycles. The minimum atomic E-state index is -0.344. The Labute approximate surface area is 128 Å². The predicted molar refractivity (Wildman–Crippen MR) is 80.6 cm³/mol. The van der Waals surface area contributed by atoms with Crippen molar-refractivity contribution in [2.24, 2.45) is 0 Å². The maximum Gasteiger partial charge on any atom is 0.277 e. The number of hydrogen-bond acceptors (Lipinski definition) is 5. The molecule has 116 valence electrons. The molecule has 0 saturated carbocycles. The number of anilines is 1. The highest BCUT2D eigenvalue weighted by Gasteiger charge is 2.23. The average Bonchev–Trinajstić information content (AvgIpc) is 3.04. The monoisotopic (exact) mass is 302 g/mol. The first-order valence-corrected chi connectivity index (χ1v) is 7.28. The van der Waals surface area contributed by atoms with E-state index in [2.05, 4.69) is 10.5 Å². The number of nitrogens with one attached hydrogen (secondary N) is 1. The summed E-state index contributed by atoms with van der Waals surface area (Å²) in [7, 11) is 0. The van der Waals surface area contributed by atoms with Gasteiger partial charge < -0.3 is 19.3 Å². The molecule has 0 bridgehead atoms. The zero-order valence-electron chi connectivity index (χ0n) is 12.8. The first-order valence-electron chi connectivity index (χ1n) is 7.28. The Morgan fingerprint density at radius 3 is 2.95 bits per heavy atom. The lowest BCUT2D eigenvalue weighted by Crippen LogP contribution is -2.13. The zero-order valence-corrected chi connectivity index (χ0v) is 12.8. The number of amides is 1. The van der Waals surface area contributed by atoms with Crippen molar-refractivity contribution in [3.05, 3.63) is 35.2 Å². The summed E-state index contributed by atoms with van der Waals surface area (Å²) in [4.78, 5) is 12.2. The van der Waals surface area contributed by atoms with Gasteiger partial charge in [-0.1, -0.05) is 5.16 Å². The van der Waals surface area contributed by atoms with Crippen LogP contribution in [0.3, 0.4) is 0 Å². The highest BCUT2D eigenvalue weighted by atomic mass is 16.5. The van der Waals surface area contributed by atoms with Crippen LogP contribution in [0.4, 0.5) is 5.69 Å². The van der Waals surface area contributed by atoms with Gasteiger partial charge >= 0.3 is 0 Å². The van der Waals surface area contributed by atoms with Gasteiger partial charge in [-0.05, 0) is 26.8 Å². The van der Waals surface area contributed by atoms with Crippen LogP contribution in [0, 0.1) is 6.92 Å². The quantitative estimate of drug-likeness (QED) is 0.940. The molecule has 0 saturated heterocycles. The summed E-state index contributed by atoms with van der Waals surface area (Å²) < 4.78 is 16.3. The van der Waals surface area contributed by atoms with Gasteiger partial charge in [0.2, 0.25) is 0 Å². The highest BCUT2D eigenvalue weighted by Crippen LogP contribution is 2.38. The molecule has 2 heterocycles. The van der Waals surface area contributed by atoms with Crippen molar-refractivity contribution in [3.8, 4) is 11.5 Å². The number of aryl methyl sites for hydroxylation is 1. The molecule has 1 N–H and O–H groups in total. The minimum absolute atomic E-state index is 0.133. The van der Waals surface area contributed by atoms with E-state index in [0.29, 0.717) is 23.8 Å². The van der Waals surface area contributed by atoms with Crippen molar-refractivity contribution in [2.75, 3.05) is 11.9 Å². The number of nitrogens with zero attached hydrogens (tertiary/aromatic N) is 1. The molecule has 0 fully saturated rings. The number of carbonyl (C=O) groups excluding carboxylic acids is 1. The van der Waals surface area contributed by atoms with E-state index in [1.165, 1.54) is 0 Å². The van der Waals surface area contributed by atoms with Crippen molar-refractivity contribution in [1.82, 2.24) is 5.16 Å². The molecule has 0 radical (unpaired) electrons. The second kappa shape index (κ2) is 5.71. The minimum Gasteiger partial charge on any atom is -0.492 e. The van der Waals surface area contributed by atoms with Gasteiger partial charge in [-0.3, -0.25) is 4.79 Å². The lowest BCUT2D eigenvalue weighted by molar-refractivity contribution is 0.101. The summed E-state index contributed by atoms with van der Waals surface area (Å²) in [6.45, 7) is 6.16. The molecule has 6 nitrogen and oxygen atoms in total.